The number of rotatable bonds is 3. The van der Waals surface area contributed by atoms with Crippen LogP contribution in [-0.4, -0.2) is 50.8 Å². The number of hydrogen-bond donors (Lipinski definition) is 0. The fourth-order valence-corrected chi connectivity index (χ4v) is 4.85. The number of alkyl halides is 1. The molecule has 2 rings (SSSR count). The van der Waals surface area contributed by atoms with E-state index in [0.29, 0.717) is 28.3 Å². The van der Waals surface area contributed by atoms with Crippen molar-refractivity contribution >= 4 is 37.6 Å². The molecule has 20 heavy (non-hydrogen) atoms. The Kier molecular flexibility index (Phi) is 5.13. The molecule has 0 bridgehead atoms. The number of piperazine rings is 1. The van der Waals surface area contributed by atoms with Crippen LogP contribution < -0.4 is 0 Å². The summed E-state index contributed by atoms with van der Waals surface area (Å²) >= 11 is 9.25. The van der Waals surface area contributed by atoms with Crippen molar-refractivity contribution in [2.75, 3.05) is 33.2 Å². The highest BCUT2D eigenvalue weighted by atomic mass is 79.9. The lowest BCUT2D eigenvalue weighted by molar-refractivity contribution is 0.222. The molecule has 7 heteroatoms. The van der Waals surface area contributed by atoms with E-state index in [9.17, 15) is 8.42 Å². The first-order valence-corrected chi connectivity index (χ1v) is 9.16. The van der Waals surface area contributed by atoms with Gasteiger partial charge in [-0.1, -0.05) is 6.07 Å². The van der Waals surface area contributed by atoms with E-state index in [2.05, 4.69) is 20.8 Å². The normalized spacial score (nSPS) is 18.4. The topological polar surface area (TPSA) is 40.6 Å². The molecule has 0 atom stereocenters. The second-order valence-corrected chi connectivity index (χ2v) is 8.03. The maximum Gasteiger partial charge on any atom is 0.244 e. The molecular formula is C13H18BrClN2O2S. The molecular weight excluding hydrogens is 364 g/mol. The Bertz CT molecular complexity index is 599. The number of halogens is 2. The Morgan fingerprint density at radius 1 is 1.25 bits per heavy atom. The Morgan fingerprint density at radius 3 is 2.40 bits per heavy atom. The Morgan fingerprint density at radius 2 is 1.85 bits per heavy atom. The van der Waals surface area contributed by atoms with Crippen LogP contribution in [0.15, 0.2) is 21.5 Å². The van der Waals surface area contributed by atoms with E-state index in [0.717, 1.165) is 24.2 Å². The van der Waals surface area contributed by atoms with Crippen molar-refractivity contribution < 1.29 is 8.42 Å². The third kappa shape index (κ3) is 3.20. The monoisotopic (exact) mass is 380 g/mol. The lowest BCUT2D eigenvalue weighted by atomic mass is 10.2. The maximum atomic E-state index is 12.8. The average Bonchev–Trinajstić information content (AvgIpc) is 2.42. The highest BCUT2D eigenvalue weighted by Gasteiger charge is 2.29. The number of nitrogens with zero attached hydrogens (tertiary/aromatic N) is 2. The summed E-state index contributed by atoms with van der Waals surface area (Å²) in [6.07, 6.45) is 0. The second kappa shape index (κ2) is 6.32. The van der Waals surface area contributed by atoms with E-state index >= 15 is 0 Å². The molecule has 0 saturated carbocycles. The number of sulfonamides is 1. The quantitative estimate of drug-likeness (QED) is 0.755. The minimum atomic E-state index is -3.47. The van der Waals surface area contributed by atoms with Gasteiger partial charge in [0.25, 0.3) is 0 Å². The van der Waals surface area contributed by atoms with E-state index in [1.807, 2.05) is 20.0 Å². The van der Waals surface area contributed by atoms with Gasteiger partial charge < -0.3 is 4.90 Å². The van der Waals surface area contributed by atoms with Gasteiger partial charge in [-0.25, -0.2) is 8.42 Å². The lowest BCUT2D eigenvalue weighted by Gasteiger charge is -2.32. The van der Waals surface area contributed by atoms with Crippen molar-refractivity contribution in [2.24, 2.45) is 0 Å². The first-order chi connectivity index (χ1) is 9.36. The molecule has 1 heterocycles. The van der Waals surface area contributed by atoms with E-state index in [-0.39, 0.29) is 0 Å². The zero-order chi connectivity index (χ0) is 14.9. The maximum absolute atomic E-state index is 12.8. The molecule has 1 aliphatic heterocycles. The zero-order valence-electron chi connectivity index (χ0n) is 11.6. The molecule has 112 valence electrons. The SMILES string of the molecule is Cc1cc(CCl)cc(S(=O)(=O)N2CCN(C)CC2)c1Br. The summed E-state index contributed by atoms with van der Waals surface area (Å²) in [6, 6.07) is 3.57. The van der Waals surface area contributed by atoms with Gasteiger partial charge in [-0.15, -0.1) is 11.6 Å². The predicted octanol–water partition coefficient (Wildman–Crippen LogP) is 2.43. The van der Waals surface area contributed by atoms with E-state index in [1.54, 1.807) is 10.4 Å². The van der Waals surface area contributed by atoms with Crippen LogP contribution in [-0.2, 0) is 15.9 Å². The van der Waals surface area contributed by atoms with Gasteiger partial charge in [0.2, 0.25) is 10.0 Å². The van der Waals surface area contributed by atoms with Crippen LogP contribution in [0.2, 0.25) is 0 Å². The Labute approximate surface area is 133 Å². The number of likely N-dealkylation sites (N-methyl/N-ethyl adjacent to an activating group) is 1. The first-order valence-electron chi connectivity index (χ1n) is 6.40. The van der Waals surface area contributed by atoms with Crippen LogP contribution in [0.1, 0.15) is 11.1 Å². The van der Waals surface area contributed by atoms with Gasteiger partial charge in [-0.2, -0.15) is 4.31 Å². The zero-order valence-corrected chi connectivity index (χ0v) is 14.7. The predicted molar refractivity (Wildman–Crippen MR) is 84.7 cm³/mol. The molecule has 1 fully saturated rings. The molecule has 0 radical (unpaired) electrons. The van der Waals surface area contributed by atoms with Gasteiger partial charge in [0.1, 0.15) is 0 Å². The number of benzene rings is 1. The standard InChI is InChI=1S/C13H18BrClN2O2S/c1-10-7-11(9-15)8-12(13(10)14)20(18,19)17-5-3-16(2)4-6-17/h7-8H,3-6,9H2,1-2H3. The summed E-state index contributed by atoms with van der Waals surface area (Å²) < 4.78 is 27.7. The Balaban J connectivity index is 2.41. The van der Waals surface area contributed by atoms with Crippen molar-refractivity contribution in [1.29, 1.82) is 0 Å². The summed E-state index contributed by atoms with van der Waals surface area (Å²) in [4.78, 5) is 2.44. The number of aryl methyl sites for hydroxylation is 1. The van der Waals surface area contributed by atoms with E-state index in [1.165, 1.54) is 0 Å². The fourth-order valence-electron chi connectivity index (χ4n) is 2.24. The van der Waals surface area contributed by atoms with Gasteiger partial charge in [0.05, 0.1) is 4.90 Å². The van der Waals surface area contributed by atoms with Gasteiger partial charge >= 0.3 is 0 Å². The summed E-state index contributed by atoms with van der Waals surface area (Å²) in [5.41, 5.74) is 1.70. The first kappa shape index (κ1) is 16.2. The summed E-state index contributed by atoms with van der Waals surface area (Å²) in [5.74, 6) is 0.305. The van der Waals surface area contributed by atoms with Gasteiger partial charge in [0.15, 0.2) is 0 Å². The minimum absolute atomic E-state index is 0.305. The van der Waals surface area contributed by atoms with Crippen molar-refractivity contribution in [3.63, 3.8) is 0 Å². The highest BCUT2D eigenvalue weighted by Crippen LogP contribution is 2.30. The van der Waals surface area contributed by atoms with Crippen LogP contribution in [0.5, 0.6) is 0 Å². The highest BCUT2D eigenvalue weighted by molar-refractivity contribution is 9.10. The molecule has 0 unspecified atom stereocenters. The molecule has 1 aliphatic rings. The second-order valence-electron chi connectivity index (χ2n) is 5.07. The van der Waals surface area contributed by atoms with E-state index < -0.39 is 10.0 Å². The van der Waals surface area contributed by atoms with Crippen molar-refractivity contribution in [3.05, 3.63) is 27.7 Å². The third-order valence-electron chi connectivity index (χ3n) is 3.52. The molecule has 0 aliphatic carbocycles. The molecule has 1 saturated heterocycles. The molecule has 4 nitrogen and oxygen atoms in total. The van der Waals surface area contributed by atoms with Crippen molar-refractivity contribution in [1.82, 2.24) is 9.21 Å². The van der Waals surface area contributed by atoms with Crippen LogP contribution in [0, 0.1) is 6.92 Å². The van der Waals surface area contributed by atoms with Gasteiger partial charge in [0, 0.05) is 36.5 Å². The van der Waals surface area contributed by atoms with Crippen molar-refractivity contribution in [2.45, 2.75) is 17.7 Å². The largest absolute Gasteiger partial charge is 0.304 e. The third-order valence-corrected chi connectivity index (χ3v) is 7.06. The van der Waals surface area contributed by atoms with Crippen LogP contribution >= 0.6 is 27.5 Å². The molecule has 0 spiro atoms. The molecule has 0 N–H and O–H groups in total. The smallest absolute Gasteiger partial charge is 0.244 e. The Hall–Kier alpha value is -0.140. The summed E-state index contributed by atoms with van der Waals surface area (Å²) in [7, 11) is -1.47. The fraction of sp³-hybridized carbons (Fsp3) is 0.538. The summed E-state index contributed by atoms with van der Waals surface area (Å²) in [6.45, 7) is 4.43. The van der Waals surface area contributed by atoms with E-state index in [4.69, 9.17) is 11.6 Å². The summed E-state index contributed by atoms with van der Waals surface area (Å²) in [5, 5.41) is 0. The lowest BCUT2D eigenvalue weighted by Crippen LogP contribution is -2.47. The molecule has 0 aromatic heterocycles. The molecule has 1 aromatic rings. The van der Waals surface area contributed by atoms with Gasteiger partial charge in [-0.05, 0) is 47.1 Å². The van der Waals surface area contributed by atoms with Crippen LogP contribution in [0.4, 0.5) is 0 Å². The molecule has 1 aromatic carbocycles. The van der Waals surface area contributed by atoms with Crippen LogP contribution in [0.25, 0.3) is 0 Å². The van der Waals surface area contributed by atoms with Crippen LogP contribution in [0.3, 0.4) is 0 Å². The van der Waals surface area contributed by atoms with Crippen molar-refractivity contribution in [3.8, 4) is 0 Å². The average molecular weight is 382 g/mol. The minimum Gasteiger partial charge on any atom is -0.304 e. The van der Waals surface area contributed by atoms with Gasteiger partial charge in [-0.3, -0.25) is 0 Å². The molecule has 0 amide bonds. The number of hydrogen-bond acceptors (Lipinski definition) is 3.